The van der Waals surface area contributed by atoms with Crippen LogP contribution in [-0.4, -0.2) is 44.3 Å². The molecule has 2 aromatic rings. The molecule has 0 radical (unpaired) electrons. The molecule has 0 saturated carbocycles. The molecule has 8 heteroatoms. The van der Waals surface area contributed by atoms with Crippen molar-refractivity contribution in [2.24, 2.45) is 0 Å². The fourth-order valence-electron chi connectivity index (χ4n) is 4.05. The maximum absolute atomic E-state index is 13.1. The molecule has 6 nitrogen and oxygen atoms in total. The van der Waals surface area contributed by atoms with Gasteiger partial charge in [0.25, 0.3) is 0 Å². The van der Waals surface area contributed by atoms with Gasteiger partial charge in [0, 0.05) is 25.9 Å². The van der Waals surface area contributed by atoms with E-state index in [4.69, 9.17) is 21.1 Å². The molecule has 2 aromatic carbocycles. The van der Waals surface area contributed by atoms with Crippen molar-refractivity contribution in [3.8, 4) is 11.5 Å². The Morgan fingerprint density at radius 2 is 1.90 bits per heavy atom. The fourth-order valence-corrected chi connectivity index (χ4v) is 5.79. The van der Waals surface area contributed by atoms with Crippen LogP contribution in [0.2, 0.25) is 5.02 Å². The SMILES string of the molecule is COc1ccc(S(=O)(=O)N2CCC3(CC2)CC(=O)c2cccc(Cl)c2O3)cc1C. The van der Waals surface area contributed by atoms with Crippen molar-refractivity contribution in [3.63, 3.8) is 0 Å². The monoisotopic (exact) mass is 435 g/mol. The first-order valence-corrected chi connectivity index (χ1v) is 11.2. The standard InChI is InChI=1S/C21H22ClNO5S/c1-14-12-15(6-7-19(14)27-2)29(25,26)23-10-8-21(9-11-23)13-18(24)16-4-3-5-17(22)20(16)28-21/h3-7,12H,8-11,13H2,1-2H3. The van der Waals surface area contributed by atoms with E-state index in [-0.39, 0.29) is 30.2 Å². The Labute approximate surface area is 175 Å². The average molecular weight is 436 g/mol. The number of carbonyl (C=O) groups excluding carboxylic acids is 1. The molecule has 29 heavy (non-hydrogen) atoms. The van der Waals surface area contributed by atoms with Crippen LogP contribution < -0.4 is 9.47 Å². The van der Waals surface area contributed by atoms with Gasteiger partial charge in [-0.2, -0.15) is 4.31 Å². The number of hydrogen-bond acceptors (Lipinski definition) is 5. The number of ether oxygens (including phenoxy) is 2. The Hall–Kier alpha value is -2.09. The molecular weight excluding hydrogens is 414 g/mol. The van der Waals surface area contributed by atoms with Crippen molar-refractivity contribution in [3.05, 3.63) is 52.5 Å². The Kier molecular flexibility index (Phi) is 5.09. The summed E-state index contributed by atoms with van der Waals surface area (Å²) < 4.78 is 39.0. The highest BCUT2D eigenvalue weighted by molar-refractivity contribution is 7.89. The number of aryl methyl sites for hydroxylation is 1. The Morgan fingerprint density at radius 1 is 1.17 bits per heavy atom. The summed E-state index contributed by atoms with van der Waals surface area (Å²) in [7, 11) is -2.08. The number of rotatable bonds is 3. The highest BCUT2D eigenvalue weighted by Gasteiger charge is 2.45. The van der Waals surface area contributed by atoms with Gasteiger partial charge in [0.15, 0.2) is 5.78 Å². The summed E-state index contributed by atoms with van der Waals surface area (Å²) in [6.45, 7) is 2.37. The van der Waals surface area contributed by atoms with E-state index in [0.29, 0.717) is 34.9 Å². The second-order valence-electron chi connectivity index (χ2n) is 7.54. The number of sulfonamides is 1. The van der Waals surface area contributed by atoms with Gasteiger partial charge in [-0.1, -0.05) is 17.7 Å². The summed E-state index contributed by atoms with van der Waals surface area (Å²) in [5.41, 5.74) is 0.540. The lowest BCUT2D eigenvalue weighted by Gasteiger charge is -2.43. The summed E-state index contributed by atoms with van der Waals surface area (Å²) in [6, 6.07) is 9.97. The predicted octanol–water partition coefficient (Wildman–Crippen LogP) is 3.85. The summed E-state index contributed by atoms with van der Waals surface area (Å²) in [6.07, 6.45) is 1.09. The number of halogens is 1. The Morgan fingerprint density at radius 3 is 2.55 bits per heavy atom. The normalized spacial score (nSPS) is 18.9. The molecule has 0 unspecified atom stereocenters. The van der Waals surface area contributed by atoms with E-state index in [1.807, 2.05) is 6.92 Å². The molecule has 0 amide bonds. The lowest BCUT2D eigenvalue weighted by molar-refractivity contribution is 0.00598. The summed E-state index contributed by atoms with van der Waals surface area (Å²) >= 11 is 6.24. The zero-order valence-electron chi connectivity index (χ0n) is 16.3. The zero-order valence-corrected chi connectivity index (χ0v) is 17.8. The van der Waals surface area contributed by atoms with Gasteiger partial charge in [-0.25, -0.2) is 8.42 Å². The van der Waals surface area contributed by atoms with Gasteiger partial charge < -0.3 is 9.47 Å². The van der Waals surface area contributed by atoms with Crippen LogP contribution in [0.5, 0.6) is 11.5 Å². The second-order valence-corrected chi connectivity index (χ2v) is 9.88. The van der Waals surface area contributed by atoms with Crippen molar-refractivity contribution in [2.75, 3.05) is 20.2 Å². The van der Waals surface area contributed by atoms with E-state index in [1.54, 1.807) is 43.5 Å². The average Bonchev–Trinajstić information content (AvgIpc) is 2.69. The lowest BCUT2D eigenvalue weighted by atomic mass is 9.83. The Bertz CT molecular complexity index is 1070. The number of fused-ring (bicyclic) bond motifs is 1. The molecule has 0 bridgehead atoms. The third kappa shape index (κ3) is 3.52. The van der Waals surface area contributed by atoms with Gasteiger partial charge in [0.1, 0.15) is 17.1 Å². The molecule has 0 atom stereocenters. The van der Waals surface area contributed by atoms with E-state index in [1.165, 1.54) is 4.31 Å². The van der Waals surface area contributed by atoms with E-state index >= 15 is 0 Å². The predicted molar refractivity (Wildman–Crippen MR) is 109 cm³/mol. The molecule has 1 spiro atoms. The first-order valence-electron chi connectivity index (χ1n) is 9.41. The van der Waals surface area contributed by atoms with Crippen LogP contribution in [0, 0.1) is 6.92 Å². The largest absolute Gasteiger partial charge is 0.496 e. The molecule has 154 valence electrons. The molecule has 1 saturated heterocycles. The molecule has 1 fully saturated rings. The smallest absolute Gasteiger partial charge is 0.243 e. The van der Waals surface area contributed by atoms with Gasteiger partial charge in [0.05, 0.1) is 29.0 Å². The second kappa shape index (κ2) is 7.31. The minimum Gasteiger partial charge on any atom is -0.496 e. The topological polar surface area (TPSA) is 72.9 Å². The van der Waals surface area contributed by atoms with Crippen molar-refractivity contribution < 1.29 is 22.7 Å². The highest BCUT2D eigenvalue weighted by atomic mass is 35.5. The van der Waals surface area contributed by atoms with Crippen LogP contribution in [0.1, 0.15) is 35.2 Å². The lowest BCUT2D eigenvalue weighted by Crippen LogP contribution is -2.52. The van der Waals surface area contributed by atoms with Crippen molar-refractivity contribution in [1.29, 1.82) is 0 Å². The van der Waals surface area contributed by atoms with Crippen LogP contribution in [0.15, 0.2) is 41.3 Å². The maximum Gasteiger partial charge on any atom is 0.243 e. The third-order valence-corrected chi connectivity index (χ3v) is 7.90. The molecule has 0 aromatic heterocycles. The maximum atomic E-state index is 13.1. The van der Waals surface area contributed by atoms with Gasteiger partial charge in [-0.05, 0) is 42.8 Å². The number of benzene rings is 2. The Balaban J connectivity index is 1.54. The molecular formula is C21H22ClNO5S. The summed E-state index contributed by atoms with van der Waals surface area (Å²) in [5.74, 6) is 1.04. The first kappa shape index (κ1) is 20.2. The number of ketones is 1. The van der Waals surface area contributed by atoms with E-state index in [2.05, 4.69) is 0 Å². The number of carbonyl (C=O) groups is 1. The summed E-state index contributed by atoms with van der Waals surface area (Å²) in [4.78, 5) is 12.9. The van der Waals surface area contributed by atoms with E-state index < -0.39 is 15.6 Å². The quantitative estimate of drug-likeness (QED) is 0.732. The zero-order chi connectivity index (χ0) is 20.8. The fraction of sp³-hybridized carbons (Fsp3) is 0.381. The number of piperidine rings is 1. The minimum absolute atomic E-state index is 0.0177. The van der Waals surface area contributed by atoms with Crippen LogP contribution >= 0.6 is 11.6 Å². The number of methoxy groups -OCH3 is 1. The number of nitrogens with zero attached hydrogens (tertiary/aromatic N) is 1. The number of para-hydroxylation sites is 1. The van der Waals surface area contributed by atoms with Crippen molar-refractivity contribution >= 4 is 27.4 Å². The molecule has 0 aliphatic carbocycles. The number of Topliss-reactive ketones (excluding diaryl/α,β-unsaturated/α-hetero) is 1. The van der Waals surface area contributed by atoms with Crippen molar-refractivity contribution in [2.45, 2.75) is 36.7 Å². The van der Waals surface area contributed by atoms with Gasteiger partial charge >= 0.3 is 0 Å². The van der Waals surface area contributed by atoms with Crippen LogP contribution in [0.4, 0.5) is 0 Å². The van der Waals surface area contributed by atoms with Crippen LogP contribution in [-0.2, 0) is 10.0 Å². The molecule has 2 aliphatic rings. The van der Waals surface area contributed by atoms with Gasteiger partial charge in [-0.3, -0.25) is 4.79 Å². The minimum atomic E-state index is -3.64. The van der Waals surface area contributed by atoms with E-state index in [0.717, 1.165) is 5.56 Å². The summed E-state index contributed by atoms with van der Waals surface area (Å²) in [5, 5.41) is 0.402. The number of hydrogen-bond donors (Lipinski definition) is 0. The van der Waals surface area contributed by atoms with Gasteiger partial charge in [0.2, 0.25) is 10.0 Å². The van der Waals surface area contributed by atoms with Crippen molar-refractivity contribution in [1.82, 2.24) is 4.31 Å². The highest BCUT2D eigenvalue weighted by Crippen LogP contribution is 2.43. The molecule has 4 rings (SSSR count). The van der Waals surface area contributed by atoms with E-state index in [9.17, 15) is 13.2 Å². The third-order valence-electron chi connectivity index (χ3n) is 5.71. The first-order chi connectivity index (χ1) is 13.8. The molecule has 2 aliphatic heterocycles. The van der Waals surface area contributed by atoms with Crippen LogP contribution in [0.25, 0.3) is 0 Å². The molecule has 2 heterocycles. The van der Waals surface area contributed by atoms with Gasteiger partial charge in [-0.15, -0.1) is 0 Å². The molecule has 0 N–H and O–H groups in total. The van der Waals surface area contributed by atoms with Crippen LogP contribution in [0.3, 0.4) is 0 Å².